The number of allylic oxidation sites excluding steroid dienone is 1. The van der Waals surface area contributed by atoms with Crippen LogP contribution in [0.3, 0.4) is 0 Å². The first-order valence-electron chi connectivity index (χ1n) is 4.78. The molecule has 0 aliphatic heterocycles. The summed E-state index contributed by atoms with van der Waals surface area (Å²) in [5, 5.41) is 8.77. The van der Waals surface area contributed by atoms with Gasteiger partial charge in [0.05, 0.1) is 6.42 Å². The van der Waals surface area contributed by atoms with Crippen LogP contribution in [0.1, 0.15) is 23.1 Å². The topological polar surface area (TPSA) is 37.3 Å². The standard InChI is InChI=1S/C12H11BrO2/c1-7-4-8-2-3-9(5-12(14)15)10(8)6-11(7)13/h3-4,6H,2,5H2,1H3,(H,14,15). The lowest BCUT2D eigenvalue weighted by Crippen LogP contribution is -1.96. The van der Waals surface area contributed by atoms with Gasteiger partial charge in [0.2, 0.25) is 0 Å². The Morgan fingerprint density at radius 2 is 2.27 bits per heavy atom. The largest absolute Gasteiger partial charge is 0.481 e. The van der Waals surface area contributed by atoms with Crippen LogP contribution in [0, 0.1) is 6.92 Å². The second-order valence-corrected chi connectivity index (χ2v) is 4.62. The van der Waals surface area contributed by atoms with Crippen molar-refractivity contribution in [3.63, 3.8) is 0 Å². The average molecular weight is 267 g/mol. The van der Waals surface area contributed by atoms with Crippen LogP contribution in [-0.4, -0.2) is 11.1 Å². The first kappa shape index (κ1) is 10.4. The molecule has 15 heavy (non-hydrogen) atoms. The Labute approximate surface area is 96.7 Å². The number of carboxylic acid groups (broad SMARTS) is 1. The third kappa shape index (κ3) is 1.97. The molecule has 0 fully saturated rings. The second-order valence-electron chi connectivity index (χ2n) is 3.76. The van der Waals surface area contributed by atoms with Gasteiger partial charge < -0.3 is 5.11 Å². The SMILES string of the molecule is Cc1cc2c(cc1Br)C(CC(=O)O)=CC2. The van der Waals surface area contributed by atoms with Gasteiger partial charge in [-0.15, -0.1) is 0 Å². The Kier molecular flexibility index (Phi) is 2.65. The van der Waals surface area contributed by atoms with Crippen LogP contribution in [0.2, 0.25) is 0 Å². The molecule has 0 bridgehead atoms. The molecule has 0 atom stereocenters. The number of hydrogen-bond donors (Lipinski definition) is 1. The summed E-state index contributed by atoms with van der Waals surface area (Å²) in [6.45, 7) is 2.04. The van der Waals surface area contributed by atoms with Gasteiger partial charge in [-0.25, -0.2) is 0 Å². The normalized spacial score (nSPS) is 13.6. The Hall–Kier alpha value is -1.09. The minimum absolute atomic E-state index is 0.114. The molecular formula is C12H11BrO2. The van der Waals surface area contributed by atoms with E-state index >= 15 is 0 Å². The maximum absolute atomic E-state index is 10.7. The zero-order chi connectivity index (χ0) is 11.0. The van der Waals surface area contributed by atoms with Gasteiger partial charge in [-0.1, -0.05) is 28.1 Å². The lowest BCUT2D eigenvalue weighted by Gasteiger charge is -2.06. The van der Waals surface area contributed by atoms with E-state index in [1.807, 2.05) is 19.1 Å². The highest BCUT2D eigenvalue weighted by Crippen LogP contribution is 2.33. The van der Waals surface area contributed by atoms with Crippen molar-refractivity contribution < 1.29 is 9.90 Å². The lowest BCUT2D eigenvalue weighted by molar-refractivity contribution is -0.135. The maximum atomic E-state index is 10.7. The zero-order valence-electron chi connectivity index (χ0n) is 8.38. The number of carbonyl (C=O) groups is 1. The summed E-state index contributed by atoms with van der Waals surface area (Å²) in [6.07, 6.45) is 2.97. The van der Waals surface area contributed by atoms with Gasteiger partial charge in [-0.3, -0.25) is 4.79 Å². The van der Waals surface area contributed by atoms with E-state index in [0.29, 0.717) is 0 Å². The van der Waals surface area contributed by atoms with E-state index < -0.39 is 5.97 Å². The lowest BCUT2D eigenvalue weighted by atomic mass is 10.0. The zero-order valence-corrected chi connectivity index (χ0v) is 9.97. The molecular weight excluding hydrogens is 256 g/mol. The van der Waals surface area contributed by atoms with E-state index in [1.54, 1.807) is 0 Å². The quantitative estimate of drug-likeness (QED) is 0.893. The van der Waals surface area contributed by atoms with Gasteiger partial charge in [0, 0.05) is 4.47 Å². The molecule has 1 aliphatic rings. The molecule has 3 heteroatoms. The van der Waals surface area contributed by atoms with Gasteiger partial charge in [-0.05, 0) is 41.7 Å². The first-order valence-corrected chi connectivity index (χ1v) is 5.57. The third-order valence-electron chi connectivity index (χ3n) is 2.64. The molecule has 1 aromatic carbocycles. The summed E-state index contributed by atoms with van der Waals surface area (Å²) in [5.74, 6) is -0.772. The van der Waals surface area contributed by atoms with Crippen molar-refractivity contribution in [2.75, 3.05) is 0 Å². The molecule has 0 unspecified atom stereocenters. The molecule has 0 radical (unpaired) electrons. The number of benzene rings is 1. The number of halogens is 1. The smallest absolute Gasteiger partial charge is 0.307 e. The number of fused-ring (bicyclic) bond motifs is 1. The van der Waals surface area contributed by atoms with Crippen LogP contribution in [0.5, 0.6) is 0 Å². The number of carboxylic acids is 1. The average Bonchev–Trinajstić information content (AvgIpc) is 2.49. The number of aliphatic carboxylic acids is 1. The summed E-state index contributed by atoms with van der Waals surface area (Å²) in [4.78, 5) is 10.7. The van der Waals surface area contributed by atoms with Crippen LogP contribution in [0.15, 0.2) is 22.7 Å². The van der Waals surface area contributed by atoms with Crippen molar-refractivity contribution in [3.8, 4) is 0 Å². The van der Waals surface area contributed by atoms with Crippen LogP contribution < -0.4 is 0 Å². The van der Waals surface area contributed by atoms with Crippen LogP contribution in [0.25, 0.3) is 5.57 Å². The monoisotopic (exact) mass is 266 g/mol. The van der Waals surface area contributed by atoms with E-state index in [0.717, 1.165) is 22.0 Å². The molecule has 1 aromatic rings. The predicted octanol–water partition coefficient (Wildman–Crippen LogP) is 3.17. The van der Waals surface area contributed by atoms with Crippen LogP contribution in [0.4, 0.5) is 0 Å². The molecule has 0 spiro atoms. The van der Waals surface area contributed by atoms with E-state index in [9.17, 15) is 4.79 Å². The van der Waals surface area contributed by atoms with E-state index in [-0.39, 0.29) is 6.42 Å². The van der Waals surface area contributed by atoms with Crippen molar-refractivity contribution in [2.24, 2.45) is 0 Å². The van der Waals surface area contributed by atoms with Crippen LogP contribution in [-0.2, 0) is 11.2 Å². The Morgan fingerprint density at radius 1 is 1.53 bits per heavy atom. The van der Waals surface area contributed by atoms with Gasteiger partial charge in [-0.2, -0.15) is 0 Å². The third-order valence-corrected chi connectivity index (χ3v) is 3.49. The van der Waals surface area contributed by atoms with E-state index in [2.05, 4.69) is 22.0 Å². The minimum Gasteiger partial charge on any atom is -0.481 e. The fourth-order valence-electron chi connectivity index (χ4n) is 1.88. The molecule has 78 valence electrons. The highest BCUT2D eigenvalue weighted by atomic mass is 79.9. The fourth-order valence-corrected chi connectivity index (χ4v) is 2.23. The van der Waals surface area contributed by atoms with E-state index in [4.69, 9.17) is 5.11 Å². The summed E-state index contributed by atoms with van der Waals surface area (Å²) in [7, 11) is 0. The summed E-state index contributed by atoms with van der Waals surface area (Å²) >= 11 is 3.47. The van der Waals surface area contributed by atoms with Crippen molar-refractivity contribution >= 4 is 27.5 Å². The molecule has 2 rings (SSSR count). The van der Waals surface area contributed by atoms with Crippen molar-refractivity contribution in [1.82, 2.24) is 0 Å². The predicted molar refractivity (Wildman–Crippen MR) is 62.8 cm³/mol. The fraction of sp³-hybridized carbons (Fsp3) is 0.250. The minimum atomic E-state index is -0.772. The molecule has 1 aliphatic carbocycles. The number of aryl methyl sites for hydroxylation is 1. The molecule has 0 aromatic heterocycles. The number of rotatable bonds is 2. The Balaban J connectivity index is 2.39. The highest BCUT2D eigenvalue weighted by Gasteiger charge is 2.17. The summed E-state index contributed by atoms with van der Waals surface area (Å²) in [5.41, 5.74) is 4.43. The van der Waals surface area contributed by atoms with Crippen LogP contribution >= 0.6 is 15.9 Å². The van der Waals surface area contributed by atoms with Gasteiger partial charge >= 0.3 is 5.97 Å². The highest BCUT2D eigenvalue weighted by molar-refractivity contribution is 9.10. The Morgan fingerprint density at radius 3 is 2.93 bits per heavy atom. The van der Waals surface area contributed by atoms with Crippen molar-refractivity contribution in [1.29, 1.82) is 0 Å². The van der Waals surface area contributed by atoms with Crippen molar-refractivity contribution in [3.05, 3.63) is 39.4 Å². The maximum Gasteiger partial charge on any atom is 0.307 e. The molecule has 0 saturated carbocycles. The molecule has 0 amide bonds. The Bertz CT molecular complexity index is 461. The number of hydrogen-bond acceptors (Lipinski definition) is 1. The molecule has 0 heterocycles. The van der Waals surface area contributed by atoms with E-state index in [1.165, 1.54) is 11.1 Å². The molecule has 2 nitrogen and oxygen atoms in total. The van der Waals surface area contributed by atoms with Gasteiger partial charge in [0.25, 0.3) is 0 Å². The second kappa shape index (κ2) is 3.81. The van der Waals surface area contributed by atoms with Crippen molar-refractivity contribution in [2.45, 2.75) is 19.8 Å². The van der Waals surface area contributed by atoms with Gasteiger partial charge in [0.1, 0.15) is 0 Å². The first-order chi connectivity index (χ1) is 7.08. The summed E-state index contributed by atoms with van der Waals surface area (Å²) in [6, 6.07) is 4.14. The van der Waals surface area contributed by atoms with Gasteiger partial charge in [0.15, 0.2) is 0 Å². The molecule has 0 saturated heterocycles. The summed E-state index contributed by atoms with van der Waals surface area (Å²) < 4.78 is 1.04. The molecule has 1 N–H and O–H groups in total.